The van der Waals surface area contributed by atoms with E-state index in [4.69, 9.17) is 0 Å². The van der Waals surface area contributed by atoms with Crippen molar-refractivity contribution >= 4 is 0 Å². The zero-order valence-electron chi connectivity index (χ0n) is 11.6. The first kappa shape index (κ1) is 12.2. The molecule has 2 nitrogen and oxygen atoms in total. The molecule has 2 fully saturated rings. The lowest BCUT2D eigenvalue weighted by atomic mass is 10.0. The Labute approximate surface area is 110 Å². The van der Waals surface area contributed by atoms with E-state index in [1.54, 1.807) is 0 Å². The minimum atomic E-state index is 0.560. The largest absolute Gasteiger partial charge is 0.302 e. The molecular formula is C16H24N2. The lowest BCUT2D eigenvalue weighted by Gasteiger charge is -2.21. The molecular weight excluding hydrogens is 220 g/mol. The van der Waals surface area contributed by atoms with E-state index < -0.39 is 0 Å². The first-order chi connectivity index (χ1) is 8.72. The van der Waals surface area contributed by atoms with Crippen LogP contribution in [0.2, 0.25) is 0 Å². The van der Waals surface area contributed by atoms with Crippen LogP contribution < -0.4 is 0 Å². The third-order valence-corrected chi connectivity index (χ3v) is 4.77. The fraction of sp³-hybridized carbons (Fsp3) is 0.688. The Hall–Kier alpha value is -0.890. The minimum Gasteiger partial charge on any atom is -0.302 e. The quantitative estimate of drug-likeness (QED) is 0.811. The van der Waals surface area contributed by atoms with Gasteiger partial charge in [-0.2, -0.15) is 0 Å². The molecule has 98 valence electrons. The summed E-state index contributed by atoms with van der Waals surface area (Å²) in [5.74, 6) is 2.57. The van der Waals surface area contributed by atoms with Crippen LogP contribution >= 0.6 is 0 Å². The Morgan fingerprint density at radius 3 is 2.61 bits per heavy atom. The van der Waals surface area contributed by atoms with Gasteiger partial charge >= 0.3 is 0 Å². The number of aromatic nitrogens is 1. The van der Waals surface area contributed by atoms with Gasteiger partial charge in [-0.05, 0) is 43.2 Å². The molecule has 1 aliphatic heterocycles. The average Bonchev–Trinajstić information content (AvgIpc) is 2.90. The standard InChI is InChI=1S/C16H24N2/c1-12-6-7-16(17-8-12)13(2)9-18-10-14-4-3-5-15(14)11-18/h6-8,13-15H,3-5,9-11H2,1-2H3. The highest BCUT2D eigenvalue weighted by atomic mass is 15.2. The number of hydrogen-bond acceptors (Lipinski definition) is 2. The zero-order chi connectivity index (χ0) is 12.5. The predicted molar refractivity (Wildman–Crippen MR) is 74.7 cm³/mol. The van der Waals surface area contributed by atoms with Gasteiger partial charge in [0.2, 0.25) is 0 Å². The van der Waals surface area contributed by atoms with Crippen molar-refractivity contribution in [1.29, 1.82) is 0 Å². The highest BCUT2D eigenvalue weighted by molar-refractivity contribution is 5.15. The number of fused-ring (bicyclic) bond motifs is 1. The number of hydrogen-bond donors (Lipinski definition) is 0. The Kier molecular flexibility index (Phi) is 3.38. The van der Waals surface area contributed by atoms with Crippen LogP contribution in [0.3, 0.4) is 0 Å². The molecule has 0 radical (unpaired) electrons. The summed E-state index contributed by atoms with van der Waals surface area (Å²) in [7, 11) is 0. The van der Waals surface area contributed by atoms with Gasteiger partial charge in [0, 0.05) is 37.4 Å². The normalized spacial score (nSPS) is 29.4. The molecule has 0 bridgehead atoms. The van der Waals surface area contributed by atoms with Gasteiger partial charge in [-0.15, -0.1) is 0 Å². The predicted octanol–water partition coefficient (Wildman–Crippen LogP) is 3.23. The van der Waals surface area contributed by atoms with E-state index in [2.05, 4.69) is 35.9 Å². The molecule has 3 unspecified atom stereocenters. The minimum absolute atomic E-state index is 0.560. The van der Waals surface area contributed by atoms with Crippen molar-refractivity contribution in [3.05, 3.63) is 29.6 Å². The third kappa shape index (κ3) is 2.44. The van der Waals surface area contributed by atoms with E-state index >= 15 is 0 Å². The Bertz CT molecular complexity index is 386. The number of aryl methyl sites for hydroxylation is 1. The topological polar surface area (TPSA) is 16.1 Å². The van der Waals surface area contributed by atoms with E-state index in [1.165, 1.54) is 50.2 Å². The van der Waals surface area contributed by atoms with Crippen molar-refractivity contribution in [2.75, 3.05) is 19.6 Å². The van der Waals surface area contributed by atoms with Crippen molar-refractivity contribution in [1.82, 2.24) is 9.88 Å². The van der Waals surface area contributed by atoms with Gasteiger partial charge in [0.05, 0.1) is 0 Å². The average molecular weight is 244 g/mol. The van der Waals surface area contributed by atoms with Gasteiger partial charge in [-0.1, -0.05) is 19.4 Å². The van der Waals surface area contributed by atoms with Crippen molar-refractivity contribution in [3.63, 3.8) is 0 Å². The SMILES string of the molecule is Cc1ccc(C(C)CN2CC3CCCC3C2)nc1. The summed E-state index contributed by atoms with van der Waals surface area (Å²) < 4.78 is 0. The second kappa shape index (κ2) is 5.00. The molecule has 2 heterocycles. The van der Waals surface area contributed by atoms with Crippen LogP contribution in [0.1, 0.15) is 43.4 Å². The molecule has 1 aliphatic carbocycles. The van der Waals surface area contributed by atoms with Gasteiger partial charge in [0.25, 0.3) is 0 Å². The molecule has 2 heteroatoms. The maximum atomic E-state index is 4.57. The smallest absolute Gasteiger partial charge is 0.0444 e. The molecule has 2 aliphatic rings. The molecule has 3 atom stereocenters. The van der Waals surface area contributed by atoms with Crippen LogP contribution in [-0.4, -0.2) is 29.5 Å². The van der Waals surface area contributed by atoms with Crippen LogP contribution in [0, 0.1) is 18.8 Å². The van der Waals surface area contributed by atoms with Crippen LogP contribution in [0.4, 0.5) is 0 Å². The molecule has 1 aromatic rings. The number of rotatable bonds is 3. The van der Waals surface area contributed by atoms with Gasteiger partial charge < -0.3 is 4.90 Å². The van der Waals surface area contributed by atoms with Gasteiger partial charge in [0.15, 0.2) is 0 Å². The lowest BCUT2D eigenvalue weighted by molar-refractivity contribution is 0.294. The molecule has 0 spiro atoms. The Morgan fingerprint density at radius 1 is 1.28 bits per heavy atom. The van der Waals surface area contributed by atoms with Crippen LogP contribution in [-0.2, 0) is 0 Å². The lowest BCUT2D eigenvalue weighted by Crippen LogP contribution is -2.26. The summed E-state index contributed by atoms with van der Waals surface area (Å²) in [6.07, 6.45) is 6.40. The monoisotopic (exact) mass is 244 g/mol. The molecule has 18 heavy (non-hydrogen) atoms. The highest BCUT2D eigenvalue weighted by Crippen LogP contribution is 2.38. The van der Waals surface area contributed by atoms with Gasteiger partial charge in [-0.25, -0.2) is 0 Å². The number of nitrogens with zero attached hydrogens (tertiary/aromatic N) is 2. The second-order valence-electron chi connectivity index (χ2n) is 6.33. The van der Waals surface area contributed by atoms with Crippen molar-refractivity contribution in [2.24, 2.45) is 11.8 Å². The van der Waals surface area contributed by atoms with Crippen molar-refractivity contribution in [3.8, 4) is 0 Å². The number of likely N-dealkylation sites (tertiary alicyclic amines) is 1. The summed E-state index contributed by atoms with van der Waals surface area (Å²) in [6.45, 7) is 8.26. The maximum absolute atomic E-state index is 4.57. The fourth-order valence-corrected chi connectivity index (χ4v) is 3.73. The molecule has 1 saturated heterocycles. The first-order valence-electron chi connectivity index (χ1n) is 7.37. The maximum Gasteiger partial charge on any atom is 0.0444 e. The fourth-order valence-electron chi connectivity index (χ4n) is 3.73. The molecule has 0 N–H and O–H groups in total. The van der Waals surface area contributed by atoms with Crippen LogP contribution in [0.15, 0.2) is 18.3 Å². The van der Waals surface area contributed by atoms with Crippen molar-refractivity contribution < 1.29 is 0 Å². The zero-order valence-corrected chi connectivity index (χ0v) is 11.6. The Morgan fingerprint density at radius 2 is 2.00 bits per heavy atom. The summed E-state index contributed by atoms with van der Waals surface area (Å²) in [6, 6.07) is 4.37. The first-order valence-corrected chi connectivity index (χ1v) is 7.37. The molecule has 3 rings (SSSR count). The van der Waals surface area contributed by atoms with Crippen LogP contribution in [0.25, 0.3) is 0 Å². The van der Waals surface area contributed by atoms with Gasteiger partial charge in [-0.3, -0.25) is 4.98 Å². The summed E-state index contributed by atoms with van der Waals surface area (Å²) in [5.41, 5.74) is 2.50. The molecule has 0 amide bonds. The van der Waals surface area contributed by atoms with E-state index in [0.717, 1.165) is 11.8 Å². The van der Waals surface area contributed by atoms with Crippen molar-refractivity contribution in [2.45, 2.75) is 39.0 Å². The number of pyridine rings is 1. The molecule has 1 aromatic heterocycles. The summed E-state index contributed by atoms with van der Waals surface area (Å²) >= 11 is 0. The van der Waals surface area contributed by atoms with E-state index in [0.29, 0.717) is 5.92 Å². The second-order valence-corrected chi connectivity index (χ2v) is 6.33. The van der Waals surface area contributed by atoms with E-state index in [-0.39, 0.29) is 0 Å². The molecule has 0 aromatic carbocycles. The van der Waals surface area contributed by atoms with Crippen LogP contribution in [0.5, 0.6) is 0 Å². The van der Waals surface area contributed by atoms with E-state index in [9.17, 15) is 0 Å². The molecule has 1 saturated carbocycles. The third-order valence-electron chi connectivity index (χ3n) is 4.77. The van der Waals surface area contributed by atoms with E-state index in [1.807, 2.05) is 6.20 Å². The highest BCUT2D eigenvalue weighted by Gasteiger charge is 2.36. The summed E-state index contributed by atoms with van der Waals surface area (Å²) in [4.78, 5) is 7.23. The van der Waals surface area contributed by atoms with Gasteiger partial charge in [0.1, 0.15) is 0 Å². The summed E-state index contributed by atoms with van der Waals surface area (Å²) in [5, 5.41) is 0. The Balaban J connectivity index is 1.58.